The van der Waals surface area contributed by atoms with Crippen LogP contribution in [-0.2, 0) is 21.5 Å². The Balaban J connectivity index is 2.02. The molecule has 0 atom stereocenters. The molecular formula is C13H11F2NO3S. The van der Waals surface area contributed by atoms with Crippen molar-refractivity contribution in [2.45, 2.75) is 11.5 Å². The van der Waals surface area contributed by atoms with E-state index in [-0.39, 0.29) is 6.61 Å². The summed E-state index contributed by atoms with van der Waals surface area (Å²) in [6.45, 7) is 0.0176. The molecule has 7 heteroatoms. The molecule has 0 saturated heterocycles. The van der Waals surface area contributed by atoms with E-state index >= 15 is 0 Å². The van der Waals surface area contributed by atoms with Gasteiger partial charge in [-0.05, 0) is 23.8 Å². The van der Waals surface area contributed by atoms with Gasteiger partial charge < -0.3 is 0 Å². The van der Waals surface area contributed by atoms with Crippen LogP contribution in [-0.4, -0.2) is 8.42 Å². The minimum atomic E-state index is -4.05. The highest BCUT2D eigenvalue weighted by molar-refractivity contribution is 7.89. The van der Waals surface area contributed by atoms with Crippen molar-refractivity contribution in [3.05, 3.63) is 65.7 Å². The lowest BCUT2D eigenvalue weighted by Gasteiger charge is -2.07. The van der Waals surface area contributed by atoms with E-state index in [1.165, 1.54) is 0 Å². The van der Waals surface area contributed by atoms with Gasteiger partial charge in [-0.1, -0.05) is 35.2 Å². The normalized spacial score (nSPS) is 11.5. The summed E-state index contributed by atoms with van der Waals surface area (Å²) in [5.74, 6) is -2.36. The minimum Gasteiger partial charge on any atom is -0.282 e. The third-order valence-corrected chi connectivity index (χ3v) is 3.66. The molecule has 0 aliphatic carbocycles. The Morgan fingerprint density at radius 2 is 1.70 bits per heavy atom. The Labute approximate surface area is 115 Å². The molecule has 0 radical (unpaired) electrons. The Bertz CT molecular complexity index is 690. The summed E-state index contributed by atoms with van der Waals surface area (Å²) in [7, 11) is -4.05. The van der Waals surface area contributed by atoms with Gasteiger partial charge in [0.2, 0.25) is 0 Å². The van der Waals surface area contributed by atoms with Crippen LogP contribution in [0, 0.1) is 11.6 Å². The predicted octanol–water partition coefficient (Wildman–Crippen LogP) is 2.37. The molecule has 2 aromatic rings. The number of benzene rings is 2. The second-order valence-electron chi connectivity index (χ2n) is 3.94. The van der Waals surface area contributed by atoms with Crippen molar-refractivity contribution < 1.29 is 22.0 Å². The van der Waals surface area contributed by atoms with Crippen molar-refractivity contribution in [3.63, 3.8) is 0 Å². The highest BCUT2D eigenvalue weighted by Crippen LogP contribution is 2.13. The summed E-state index contributed by atoms with van der Waals surface area (Å²) in [5, 5.41) is 0. The van der Waals surface area contributed by atoms with Crippen LogP contribution < -0.4 is 4.89 Å². The quantitative estimate of drug-likeness (QED) is 0.862. The molecule has 20 heavy (non-hydrogen) atoms. The molecule has 2 aromatic carbocycles. The second-order valence-corrected chi connectivity index (χ2v) is 5.58. The Morgan fingerprint density at radius 3 is 2.35 bits per heavy atom. The van der Waals surface area contributed by atoms with Gasteiger partial charge in [-0.15, -0.1) is 0 Å². The van der Waals surface area contributed by atoms with E-state index in [0.29, 0.717) is 6.07 Å². The van der Waals surface area contributed by atoms with E-state index in [9.17, 15) is 17.2 Å². The van der Waals surface area contributed by atoms with Gasteiger partial charge in [-0.25, -0.2) is 17.2 Å². The third-order valence-electron chi connectivity index (χ3n) is 2.45. The fourth-order valence-corrected chi connectivity index (χ4v) is 2.27. The maximum atomic E-state index is 13.0. The third kappa shape index (κ3) is 3.60. The zero-order valence-corrected chi connectivity index (χ0v) is 11.0. The van der Waals surface area contributed by atoms with Crippen LogP contribution >= 0.6 is 0 Å². The minimum absolute atomic E-state index is 0.0176. The SMILES string of the molecule is O=S(=O)(NOCc1ccccc1)c1ccc(F)c(F)c1. The number of halogens is 2. The fraction of sp³-hybridized carbons (Fsp3) is 0.0769. The molecule has 0 spiro atoms. The molecule has 0 fully saturated rings. The first-order valence-corrected chi connectivity index (χ1v) is 7.10. The van der Waals surface area contributed by atoms with E-state index in [4.69, 9.17) is 4.84 Å². The van der Waals surface area contributed by atoms with Crippen LogP contribution in [0.25, 0.3) is 0 Å². The summed E-state index contributed by atoms with van der Waals surface area (Å²) in [6.07, 6.45) is 0. The van der Waals surface area contributed by atoms with Gasteiger partial charge in [0, 0.05) is 0 Å². The Kier molecular flexibility index (Phi) is 4.43. The number of sulfonamides is 1. The highest BCUT2D eigenvalue weighted by Gasteiger charge is 2.16. The number of nitrogens with one attached hydrogen (secondary N) is 1. The van der Waals surface area contributed by atoms with Gasteiger partial charge in [0.25, 0.3) is 10.0 Å². The average molecular weight is 299 g/mol. The number of hydrogen-bond donors (Lipinski definition) is 1. The highest BCUT2D eigenvalue weighted by atomic mass is 32.2. The first-order chi connectivity index (χ1) is 9.49. The van der Waals surface area contributed by atoms with Crippen LogP contribution in [0.15, 0.2) is 53.4 Å². The maximum Gasteiger partial charge on any atom is 0.262 e. The molecule has 1 N–H and O–H groups in total. The van der Waals surface area contributed by atoms with Crippen molar-refractivity contribution in [3.8, 4) is 0 Å². The smallest absolute Gasteiger partial charge is 0.262 e. The lowest BCUT2D eigenvalue weighted by molar-refractivity contribution is 0.0795. The molecule has 2 rings (SSSR count). The zero-order valence-electron chi connectivity index (χ0n) is 10.2. The van der Waals surface area contributed by atoms with Crippen molar-refractivity contribution in [1.29, 1.82) is 0 Å². The molecule has 0 aliphatic rings. The van der Waals surface area contributed by atoms with Gasteiger partial charge in [-0.2, -0.15) is 0 Å². The number of rotatable bonds is 5. The predicted molar refractivity (Wildman–Crippen MR) is 67.9 cm³/mol. The largest absolute Gasteiger partial charge is 0.282 e. The molecule has 0 heterocycles. The summed E-state index contributed by atoms with van der Waals surface area (Å²) in [5.41, 5.74) is 0.764. The van der Waals surface area contributed by atoms with Crippen molar-refractivity contribution >= 4 is 10.0 Å². The average Bonchev–Trinajstić information content (AvgIpc) is 2.43. The van der Waals surface area contributed by atoms with Gasteiger partial charge >= 0.3 is 0 Å². The molecule has 0 unspecified atom stereocenters. The molecule has 4 nitrogen and oxygen atoms in total. The topological polar surface area (TPSA) is 55.4 Å². The van der Waals surface area contributed by atoms with E-state index in [0.717, 1.165) is 17.7 Å². The van der Waals surface area contributed by atoms with E-state index < -0.39 is 26.6 Å². The summed E-state index contributed by atoms with van der Waals surface area (Å²) >= 11 is 0. The van der Waals surface area contributed by atoms with Gasteiger partial charge in [0.15, 0.2) is 11.6 Å². The lowest BCUT2D eigenvalue weighted by Crippen LogP contribution is -2.24. The second kappa shape index (κ2) is 6.08. The van der Waals surface area contributed by atoms with Crippen LogP contribution in [0.2, 0.25) is 0 Å². The van der Waals surface area contributed by atoms with Crippen molar-refractivity contribution in [2.75, 3.05) is 0 Å². The van der Waals surface area contributed by atoms with E-state index in [1.807, 2.05) is 11.0 Å². The van der Waals surface area contributed by atoms with Gasteiger partial charge in [-0.3, -0.25) is 4.84 Å². The first kappa shape index (κ1) is 14.6. The zero-order chi connectivity index (χ0) is 14.6. The van der Waals surface area contributed by atoms with E-state index in [1.54, 1.807) is 24.3 Å². The Morgan fingerprint density at radius 1 is 1.00 bits per heavy atom. The maximum absolute atomic E-state index is 13.0. The number of hydrogen-bond acceptors (Lipinski definition) is 3. The molecule has 0 aromatic heterocycles. The molecule has 0 amide bonds. The Hall–Kier alpha value is -1.83. The van der Waals surface area contributed by atoms with Gasteiger partial charge in [0.05, 0.1) is 11.5 Å². The monoisotopic (exact) mass is 299 g/mol. The molecule has 0 aliphatic heterocycles. The van der Waals surface area contributed by atoms with Crippen LogP contribution in [0.3, 0.4) is 0 Å². The molecule has 106 valence electrons. The molecule has 0 saturated carbocycles. The summed E-state index contributed by atoms with van der Waals surface area (Å²) < 4.78 is 49.2. The lowest BCUT2D eigenvalue weighted by atomic mass is 10.2. The molecule has 0 bridgehead atoms. The van der Waals surface area contributed by atoms with Crippen LogP contribution in [0.1, 0.15) is 5.56 Å². The van der Waals surface area contributed by atoms with Crippen LogP contribution in [0.4, 0.5) is 8.78 Å². The van der Waals surface area contributed by atoms with Gasteiger partial charge in [0.1, 0.15) is 0 Å². The van der Waals surface area contributed by atoms with Crippen molar-refractivity contribution in [2.24, 2.45) is 0 Å². The first-order valence-electron chi connectivity index (χ1n) is 5.61. The van der Waals surface area contributed by atoms with Crippen LogP contribution in [0.5, 0.6) is 0 Å². The van der Waals surface area contributed by atoms with Crippen molar-refractivity contribution in [1.82, 2.24) is 4.89 Å². The summed E-state index contributed by atoms with van der Waals surface area (Å²) in [6, 6.07) is 11.2. The fourth-order valence-electron chi connectivity index (χ4n) is 1.46. The standard InChI is InChI=1S/C13H11F2NO3S/c14-12-7-6-11(8-13(12)15)20(17,18)16-19-9-10-4-2-1-3-5-10/h1-8,16H,9H2. The summed E-state index contributed by atoms with van der Waals surface area (Å²) in [4.78, 5) is 6.30. The molecular weight excluding hydrogens is 288 g/mol. The van der Waals surface area contributed by atoms with E-state index in [2.05, 4.69) is 0 Å².